The van der Waals surface area contributed by atoms with Gasteiger partial charge in [-0.3, -0.25) is 0 Å². The number of alkyl halides is 12. The Morgan fingerprint density at radius 3 is 1.52 bits per heavy atom. The predicted octanol–water partition coefficient (Wildman–Crippen LogP) is 11.5. The zero-order valence-corrected chi connectivity index (χ0v) is 23.0. The Balaban J connectivity index is 1.71. The highest BCUT2D eigenvalue weighted by Crippen LogP contribution is 2.55. The van der Waals surface area contributed by atoms with Crippen LogP contribution >= 0.6 is 11.3 Å². The van der Waals surface area contributed by atoms with Gasteiger partial charge >= 0.3 is 24.7 Å². The lowest BCUT2D eigenvalue weighted by Crippen LogP contribution is -2.25. The third-order valence-corrected chi connectivity index (χ3v) is 8.05. The second-order valence-corrected chi connectivity index (χ2v) is 11.0. The lowest BCUT2D eigenvalue weighted by molar-refractivity contribution is -0.172. The summed E-state index contributed by atoms with van der Waals surface area (Å²) in [6.45, 7) is 0. The van der Waals surface area contributed by atoms with E-state index in [2.05, 4.69) is 10.2 Å². The molecule has 0 fully saturated rings. The van der Waals surface area contributed by atoms with Crippen LogP contribution in [0.4, 0.5) is 52.7 Å². The second-order valence-electron chi connectivity index (χ2n) is 9.89. The van der Waals surface area contributed by atoms with Gasteiger partial charge in [-0.15, -0.1) is 21.5 Å². The normalized spacial score (nSPS) is 13.2. The highest BCUT2D eigenvalue weighted by atomic mass is 32.1. The van der Waals surface area contributed by atoms with Crippen molar-refractivity contribution in [3.8, 4) is 22.2 Å². The molecule has 6 rings (SSSR count). The van der Waals surface area contributed by atoms with Gasteiger partial charge < -0.3 is 4.74 Å². The maximum absolute atomic E-state index is 14.2. The zero-order chi connectivity index (χ0) is 33.4. The number of thiophene rings is 1. The minimum Gasteiger partial charge on any atom is -0.436 e. The summed E-state index contributed by atoms with van der Waals surface area (Å²) >= 11 is 1.21. The third-order valence-electron chi connectivity index (χ3n) is 6.93. The summed E-state index contributed by atoms with van der Waals surface area (Å²) in [5, 5.41) is 8.89. The number of nitrogens with zero attached hydrogens (tertiary/aromatic N) is 2. The van der Waals surface area contributed by atoms with Crippen LogP contribution in [0.2, 0.25) is 0 Å². The van der Waals surface area contributed by atoms with Crippen molar-refractivity contribution in [2.24, 2.45) is 0 Å². The van der Waals surface area contributed by atoms with Gasteiger partial charge in [-0.25, -0.2) is 0 Å². The Kier molecular flexibility index (Phi) is 7.14. The molecule has 0 unspecified atom stereocenters. The quantitative estimate of drug-likeness (QED) is 0.138. The summed E-state index contributed by atoms with van der Waals surface area (Å²) < 4.78 is 174. The van der Waals surface area contributed by atoms with Crippen LogP contribution in [0, 0.1) is 0 Å². The molecule has 0 aliphatic carbocycles. The third kappa shape index (κ3) is 5.54. The van der Waals surface area contributed by atoms with Gasteiger partial charge in [0.05, 0.1) is 16.0 Å². The molecular weight excluding hydrogens is 664 g/mol. The fraction of sp³-hybridized carbons (Fsp3) is 0.133. The van der Waals surface area contributed by atoms with Gasteiger partial charge in [0.25, 0.3) is 0 Å². The Labute approximate surface area is 252 Å². The summed E-state index contributed by atoms with van der Waals surface area (Å²) in [6, 6.07) is 16.5. The van der Waals surface area contributed by atoms with Crippen molar-refractivity contribution in [1.82, 2.24) is 10.2 Å². The zero-order valence-electron chi connectivity index (χ0n) is 22.2. The van der Waals surface area contributed by atoms with Crippen LogP contribution in [-0.4, -0.2) is 10.2 Å². The van der Waals surface area contributed by atoms with Crippen molar-refractivity contribution in [3.05, 3.63) is 95.1 Å². The Morgan fingerprint density at radius 2 is 1.02 bits per heavy atom. The average molecular weight is 676 g/mol. The standard InChI is InChI=1S/C30H12F12N2OS/c31-27(32,33)18-12-19(28(34,35)36)23(30(40,41)42)25(22(18)29(37,38)39)45-26-17-10-14-6-2-1-5-13(14)9-16(17)24(43-44-26)21-11-15-7-3-4-8-20(15)46-21/h1-12H. The van der Waals surface area contributed by atoms with Gasteiger partial charge in [0, 0.05) is 15.5 Å². The van der Waals surface area contributed by atoms with Gasteiger partial charge in [0.15, 0.2) is 5.75 Å². The molecule has 16 heteroatoms. The van der Waals surface area contributed by atoms with Gasteiger partial charge in [-0.2, -0.15) is 52.7 Å². The topological polar surface area (TPSA) is 35.0 Å². The van der Waals surface area contributed by atoms with Crippen molar-refractivity contribution in [1.29, 1.82) is 0 Å². The number of fused-ring (bicyclic) bond motifs is 3. The van der Waals surface area contributed by atoms with Crippen LogP contribution in [-0.2, 0) is 24.7 Å². The molecule has 0 saturated heterocycles. The average Bonchev–Trinajstić information content (AvgIpc) is 3.37. The first-order chi connectivity index (χ1) is 21.3. The highest BCUT2D eigenvalue weighted by molar-refractivity contribution is 7.22. The fourth-order valence-corrected chi connectivity index (χ4v) is 6.10. The summed E-state index contributed by atoms with van der Waals surface area (Å²) in [6.07, 6.45) is -24.9. The Hall–Kier alpha value is -4.60. The summed E-state index contributed by atoms with van der Waals surface area (Å²) in [4.78, 5) is 0.450. The predicted molar refractivity (Wildman–Crippen MR) is 144 cm³/mol. The van der Waals surface area contributed by atoms with E-state index in [9.17, 15) is 52.7 Å². The molecule has 0 aliphatic heterocycles. The van der Waals surface area contributed by atoms with Crippen molar-refractivity contribution in [3.63, 3.8) is 0 Å². The van der Waals surface area contributed by atoms with E-state index in [4.69, 9.17) is 4.74 Å². The molecule has 6 aromatic rings. The number of aromatic nitrogens is 2. The molecule has 0 N–H and O–H groups in total. The lowest BCUT2D eigenvalue weighted by Gasteiger charge is -2.26. The number of rotatable bonds is 3. The van der Waals surface area contributed by atoms with E-state index in [-0.39, 0.29) is 16.5 Å². The van der Waals surface area contributed by atoms with Crippen LogP contribution < -0.4 is 4.74 Å². The molecule has 0 aliphatic rings. The fourth-order valence-electron chi connectivity index (χ4n) is 5.04. The van der Waals surface area contributed by atoms with Crippen molar-refractivity contribution >= 4 is 43.0 Å². The van der Waals surface area contributed by atoms with E-state index in [0.717, 1.165) is 10.1 Å². The monoisotopic (exact) mass is 676 g/mol. The second kappa shape index (κ2) is 10.5. The molecular formula is C30H12F12N2OS. The number of hydrogen-bond acceptors (Lipinski definition) is 4. The van der Waals surface area contributed by atoms with Crippen molar-refractivity contribution in [2.45, 2.75) is 24.7 Å². The first-order valence-electron chi connectivity index (χ1n) is 12.7. The minimum atomic E-state index is -6.27. The Morgan fingerprint density at radius 1 is 0.522 bits per heavy atom. The van der Waals surface area contributed by atoms with Gasteiger partial charge in [0.2, 0.25) is 5.88 Å². The number of halogens is 12. The van der Waals surface area contributed by atoms with E-state index in [1.54, 1.807) is 48.5 Å². The van der Waals surface area contributed by atoms with Gasteiger partial charge in [0.1, 0.15) is 16.8 Å². The van der Waals surface area contributed by atoms with Crippen LogP contribution in [0.5, 0.6) is 11.6 Å². The van der Waals surface area contributed by atoms with Gasteiger partial charge in [-0.1, -0.05) is 42.5 Å². The molecule has 46 heavy (non-hydrogen) atoms. The number of benzene rings is 4. The summed E-state index contributed by atoms with van der Waals surface area (Å²) in [5.74, 6) is -3.95. The van der Waals surface area contributed by atoms with E-state index < -0.39 is 64.7 Å². The van der Waals surface area contributed by atoms with Gasteiger partial charge in [-0.05, 0) is 46.5 Å². The molecule has 0 bridgehead atoms. The van der Waals surface area contributed by atoms with Crippen LogP contribution in [0.25, 0.3) is 42.2 Å². The van der Waals surface area contributed by atoms with E-state index in [1.807, 2.05) is 0 Å². The van der Waals surface area contributed by atoms with E-state index >= 15 is 0 Å². The molecule has 3 nitrogen and oxygen atoms in total. The maximum Gasteiger partial charge on any atom is 0.420 e. The minimum absolute atomic E-state index is 0.0420. The lowest BCUT2D eigenvalue weighted by atomic mass is 9.94. The molecule has 238 valence electrons. The van der Waals surface area contributed by atoms with Crippen LogP contribution in [0.1, 0.15) is 22.3 Å². The maximum atomic E-state index is 14.2. The Bertz CT molecular complexity index is 2060. The first-order valence-corrected chi connectivity index (χ1v) is 13.5. The van der Waals surface area contributed by atoms with E-state index in [0.29, 0.717) is 15.6 Å². The molecule has 0 saturated carbocycles. The summed E-state index contributed by atoms with van der Waals surface area (Å²) in [5.41, 5.74) is -12.2. The molecule has 0 atom stereocenters. The summed E-state index contributed by atoms with van der Waals surface area (Å²) in [7, 11) is 0. The number of ether oxygens (including phenoxy) is 1. The molecule has 0 radical (unpaired) electrons. The van der Waals surface area contributed by atoms with Crippen LogP contribution in [0.15, 0.2) is 72.8 Å². The molecule has 4 aromatic carbocycles. The van der Waals surface area contributed by atoms with E-state index in [1.165, 1.54) is 29.5 Å². The molecule has 0 spiro atoms. The van der Waals surface area contributed by atoms with Crippen LogP contribution in [0.3, 0.4) is 0 Å². The molecule has 2 aromatic heterocycles. The molecule has 2 heterocycles. The SMILES string of the molecule is FC(F)(F)c1cc(C(F)(F)F)c(C(F)(F)F)c(Oc2nnc(-c3cc4ccccc4s3)c3cc4ccccc4cc23)c1C(F)(F)F. The number of hydrogen-bond donors (Lipinski definition) is 0. The van der Waals surface area contributed by atoms with Crippen molar-refractivity contribution in [2.75, 3.05) is 0 Å². The smallest absolute Gasteiger partial charge is 0.420 e. The molecule has 0 amide bonds. The highest BCUT2D eigenvalue weighted by Gasteiger charge is 2.54. The van der Waals surface area contributed by atoms with Crippen molar-refractivity contribution < 1.29 is 57.4 Å². The largest absolute Gasteiger partial charge is 0.436 e. The first kappa shape index (κ1) is 31.4.